The highest BCUT2D eigenvalue weighted by atomic mass is 35.5. The summed E-state index contributed by atoms with van der Waals surface area (Å²) in [5, 5.41) is 7.05. The molecule has 0 radical (unpaired) electrons. The normalized spacial score (nSPS) is 10.8. The van der Waals surface area contributed by atoms with Crippen LogP contribution in [0.5, 0.6) is 0 Å². The van der Waals surface area contributed by atoms with E-state index in [-0.39, 0.29) is 0 Å². The second-order valence-corrected chi connectivity index (χ2v) is 8.17. The summed E-state index contributed by atoms with van der Waals surface area (Å²) in [4.78, 5) is 35.9. The number of carbonyl (C=O) groups excluding carboxylic acids is 3. The number of thiophene rings is 1. The Balaban J connectivity index is 1.51. The smallest absolute Gasteiger partial charge is 0.331 e. The molecule has 0 bridgehead atoms. The first kappa shape index (κ1) is 23.5. The fourth-order valence-corrected chi connectivity index (χ4v) is 3.73. The number of nitrogens with one attached hydrogen (secondary N) is 2. The number of rotatable bonds is 7. The van der Waals surface area contributed by atoms with Gasteiger partial charge in [-0.05, 0) is 36.1 Å². The maximum atomic E-state index is 11.9. The van der Waals surface area contributed by atoms with Crippen molar-refractivity contribution in [3.05, 3.63) is 79.7 Å². The van der Waals surface area contributed by atoms with Crippen LogP contribution in [0.15, 0.2) is 47.9 Å². The Labute approximate surface area is 197 Å². The molecule has 0 saturated heterocycles. The molecular weight excluding hydrogens is 475 g/mol. The largest absolute Gasteiger partial charge is 0.452 e. The first-order chi connectivity index (χ1) is 15.3. The Kier molecular flexibility index (Phi) is 8.04. The molecule has 2 aromatic heterocycles. The van der Waals surface area contributed by atoms with Gasteiger partial charge < -0.3 is 4.74 Å². The maximum Gasteiger partial charge on any atom is 0.331 e. The molecule has 2 amide bonds. The van der Waals surface area contributed by atoms with Crippen LogP contribution < -0.4 is 10.9 Å². The van der Waals surface area contributed by atoms with Gasteiger partial charge in [0, 0.05) is 16.7 Å². The predicted octanol–water partition coefficient (Wildman–Crippen LogP) is 3.63. The van der Waals surface area contributed by atoms with Gasteiger partial charge in [-0.15, -0.1) is 11.3 Å². The van der Waals surface area contributed by atoms with E-state index in [9.17, 15) is 14.4 Å². The minimum Gasteiger partial charge on any atom is -0.452 e. The number of aromatic nitrogens is 2. The maximum absolute atomic E-state index is 11.9. The Morgan fingerprint density at radius 2 is 1.94 bits per heavy atom. The number of ether oxygens (including phenoxy) is 1. The molecule has 0 aliphatic carbocycles. The summed E-state index contributed by atoms with van der Waals surface area (Å²) in [6.07, 6.45) is 2.61. The Morgan fingerprint density at radius 3 is 2.66 bits per heavy atom. The van der Waals surface area contributed by atoms with Crippen LogP contribution in [-0.4, -0.2) is 34.2 Å². The Morgan fingerprint density at radius 1 is 1.16 bits per heavy atom. The van der Waals surface area contributed by atoms with Crippen molar-refractivity contribution in [2.45, 2.75) is 13.5 Å². The topological polar surface area (TPSA) is 102 Å². The van der Waals surface area contributed by atoms with Crippen LogP contribution in [-0.2, 0) is 20.9 Å². The lowest BCUT2D eigenvalue weighted by atomic mass is 10.2. The molecule has 0 spiro atoms. The number of carbonyl (C=O) groups is 3. The van der Waals surface area contributed by atoms with Crippen molar-refractivity contribution in [1.82, 2.24) is 20.6 Å². The fourth-order valence-electron chi connectivity index (χ4n) is 2.62. The van der Waals surface area contributed by atoms with Gasteiger partial charge in [-0.3, -0.25) is 20.4 Å². The lowest BCUT2D eigenvalue weighted by Gasteiger charge is -2.06. The molecule has 2 heterocycles. The molecule has 11 heteroatoms. The standard InChI is InChI=1S/C21H18Cl2N4O4S/c1-13-15(20(23)27(26-13)11-14-5-2-3-6-16(14)22)8-9-19(29)31-12-18(28)24-25-21(30)17-7-4-10-32-17/h2-10H,11-12H2,1H3,(H,24,28)(H,25,30)/b9-8+. The van der Waals surface area contributed by atoms with E-state index in [2.05, 4.69) is 16.0 Å². The lowest BCUT2D eigenvalue weighted by molar-refractivity contribution is -0.144. The van der Waals surface area contributed by atoms with Gasteiger partial charge in [0.05, 0.1) is 17.1 Å². The third-order valence-corrected chi connectivity index (χ3v) is 5.82. The van der Waals surface area contributed by atoms with E-state index in [4.69, 9.17) is 27.9 Å². The Bertz CT molecular complexity index is 1160. The van der Waals surface area contributed by atoms with E-state index >= 15 is 0 Å². The van der Waals surface area contributed by atoms with E-state index in [1.165, 1.54) is 17.4 Å². The molecule has 0 unspecified atom stereocenters. The van der Waals surface area contributed by atoms with Gasteiger partial charge in [0.1, 0.15) is 5.15 Å². The molecule has 0 aliphatic heterocycles. The van der Waals surface area contributed by atoms with Crippen LogP contribution in [0.1, 0.15) is 26.5 Å². The molecule has 0 fully saturated rings. The number of hydrogen-bond acceptors (Lipinski definition) is 6. The molecule has 8 nitrogen and oxygen atoms in total. The van der Waals surface area contributed by atoms with Crippen LogP contribution in [0, 0.1) is 6.92 Å². The number of amides is 2. The first-order valence-electron chi connectivity index (χ1n) is 9.29. The minimum absolute atomic E-state index is 0.334. The molecule has 3 aromatic rings. The average Bonchev–Trinajstić information content (AvgIpc) is 3.40. The summed E-state index contributed by atoms with van der Waals surface area (Å²) < 4.78 is 6.45. The third kappa shape index (κ3) is 6.19. The van der Waals surface area contributed by atoms with E-state index in [0.717, 1.165) is 11.6 Å². The molecule has 0 aliphatic rings. The molecular formula is C21H18Cl2N4O4S. The fraction of sp³-hybridized carbons (Fsp3) is 0.143. The van der Waals surface area contributed by atoms with E-state index in [0.29, 0.717) is 32.9 Å². The summed E-state index contributed by atoms with van der Waals surface area (Å²) >= 11 is 13.8. The number of hydrazine groups is 1. The van der Waals surface area contributed by atoms with Crippen LogP contribution in [0.4, 0.5) is 0 Å². The lowest BCUT2D eigenvalue weighted by Crippen LogP contribution is -2.43. The number of halogens is 2. The van der Waals surface area contributed by atoms with Crippen LogP contribution >= 0.6 is 34.5 Å². The van der Waals surface area contributed by atoms with Crippen molar-refractivity contribution in [3.8, 4) is 0 Å². The molecule has 0 atom stereocenters. The monoisotopic (exact) mass is 492 g/mol. The van der Waals surface area contributed by atoms with Gasteiger partial charge in [-0.1, -0.05) is 47.5 Å². The van der Waals surface area contributed by atoms with Gasteiger partial charge in [-0.25, -0.2) is 9.48 Å². The number of aryl methyl sites for hydroxylation is 1. The van der Waals surface area contributed by atoms with Crippen molar-refractivity contribution in [1.29, 1.82) is 0 Å². The minimum atomic E-state index is -0.751. The zero-order valence-electron chi connectivity index (χ0n) is 16.8. The second-order valence-electron chi connectivity index (χ2n) is 6.46. The summed E-state index contributed by atoms with van der Waals surface area (Å²) in [6, 6.07) is 10.7. The number of nitrogens with zero attached hydrogens (tertiary/aromatic N) is 2. The number of hydrogen-bond donors (Lipinski definition) is 2. The van der Waals surface area contributed by atoms with Crippen molar-refractivity contribution < 1.29 is 19.1 Å². The highest BCUT2D eigenvalue weighted by Crippen LogP contribution is 2.24. The summed E-state index contributed by atoms with van der Waals surface area (Å²) in [5.74, 6) is -1.89. The highest BCUT2D eigenvalue weighted by Gasteiger charge is 2.14. The van der Waals surface area contributed by atoms with Crippen LogP contribution in [0.3, 0.4) is 0 Å². The molecule has 3 rings (SSSR count). The van der Waals surface area contributed by atoms with Gasteiger partial charge >= 0.3 is 5.97 Å². The zero-order valence-corrected chi connectivity index (χ0v) is 19.1. The number of esters is 1. The van der Waals surface area contributed by atoms with Gasteiger partial charge in [0.2, 0.25) is 0 Å². The van der Waals surface area contributed by atoms with Crippen molar-refractivity contribution >= 4 is 58.4 Å². The highest BCUT2D eigenvalue weighted by molar-refractivity contribution is 7.12. The second kappa shape index (κ2) is 10.9. The average molecular weight is 493 g/mol. The quantitative estimate of drug-likeness (QED) is 0.297. The van der Waals surface area contributed by atoms with E-state index < -0.39 is 24.4 Å². The Hall–Kier alpha value is -3.14. The molecule has 166 valence electrons. The predicted molar refractivity (Wildman–Crippen MR) is 122 cm³/mol. The van der Waals surface area contributed by atoms with Crippen LogP contribution in [0.2, 0.25) is 10.2 Å². The van der Waals surface area contributed by atoms with Crippen molar-refractivity contribution in [2.24, 2.45) is 0 Å². The zero-order chi connectivity index (χ0) is 23.1. The summed E-state index contributed by atoms with van der Waals surface area (Å²) in [6.45, 7) is 1.56. The van der Waals surface area contributed by atoms with Crippen molar-refractivity contribution in [2.75, 3.05) is 6.61 Å². The molecule has 2 N–H and O–H groups in total. The van der Waals surface area contributed by atoms with E-state index in [1.807, 2.05) is 18.2 Å². The van der Waals surface area contributed by atoms with Crippen LogP contribution in [0.25, 0.3) is 6.08 Å². The number of benzene rings is 1. The first-order valence-corrected chi connectivity index (χ1v) is 10.9. The van der Waals surface area contributed by atoms with Gasteiger partial charge in [0.25, 0.3) is 11.8 Å². The van der Waals surface area contributed by atoms with E-state index in [1.54, 1.807) is 35.2 Å². The molecule has 32 heavy (non-hydrogen) atoms. The van der Waals surface area contributed by atoms with Crippen molar-refractivity contribution in [3.63, 3.8) is 0 Å². The van der Waals surface area contributed by atoms with Gasteiger partial charge in [0.15, 0.2) is 6.61 Å². The van der Waals surface area contributed by atoms with Gasteiger partial charge in [-0.2, -0.15) is 5.10 Å². The molecule has 1 aromatic carbocycles. The molecule has 0 saturated carbocycles. The third-order valence-electron chi connectivity index (χ3n) is 4.18. The summed E-state index contributed by atoms with van der Waals surface area (Å²) in [7, 11) is 0. The summed E-state index contributed by atoms with van der Waals surface area (Å²) in [5.41, 5.74) is 6.41. The SMILES string of the molecule is Cc1nn(Cc2ccccc2Cl)c(Cl)c1/C=C/C(=O)OCC(=O)NNC(=O)c1cccs1.